The SMILES string of the molecule is CCc1ccccc1Nc1ncc(C(=O)NCc2ccc(OC)c(OC)c2)cn1. The van der Waals surface area contributed by atoms with Crippen LogP contribution in [0.2, 0.25) is 0 Å². The highest BCUT2D eigenvalue weighted by Gasteiger charge is 2.10. The van der Waals surface area contributed by atoms with Crippen molar-refractivity contribution in [3.63, 3.8) is 0 Å². The van der Waals surface area contributed by atoms with E-state index in [1.165, 1.54) is 18.0 Å². The van der Waals surface area contributed by atoms with Gasteiger partial charge in [-0.3, -0.25) is 4.79 Å². The third-order valence-electron chi connectivity index (χ3n) is 4.46. The van der Waals surface area contributed by atoms with Crippen molar-refractivity contribution in [2.45, 2.75) is 19.9 Å². The molecular weight excluding hydrogens is 368 g/mol. The average Bonchev–Trinajstić information content (AvgIpc) is 2.78. The Morgan fingerprint density at radius 1 is 1.00 bits per heavy atom. The number of hydrogen-bond acceptors (Lipinski definition) is 6. The molecule has 0 aliphatic rings. The maximum Gasteiger partial charge on any atom is 0.254 e. The molecule has 150 valence electrons. The van der Waals surface area contributed by atoms with Gasteiger partial charge in [-0.1, -0.05) is 31.2 Å². The molecule has 29 heavy (non-hydrogen) atoms. The van der Waals surface area contributed by atoms with Crippen LogP contribution >= 0.6 is 0 Å². The number of amides is 1. The molecule has 7 nitrogen and oxygen atoms in total. The summed E-state index contributed by atoms with van der Waals surface area (Å²) < 4.78 is 10.5. The van der Waals surface area contributed by atoms with Gasteiger partial charge in [0, 0.05) is 24.6 Å². The number of rotatable bonds is 8. The molecule has 0 fully saturated rings. The summed E-state index contributed by atoms with van der Waals surface area (Å²) in [7, 11) is 3.16. The fourth-order valence-corrected chi connectivity index (χ4v) is 2.86. The first-order chi connectivity index (χ1) is 14.1. The molecule has 7 heteroatoms. The van der Waals surface area contributed by atoms with Gasteiger partial charge in [0.15, 0.2) is 11.5 Å². The number of para-hydroxylation sites is 1. The van der Waals surface area contributed by atoms with Crippen LogP contribution in [-0.4, -0.2) is 30.1 Å². The van der Waals surface area contributed by atoms with Gasteiger partial charge in [0.2, 0.25) is 5.95 Å². The number of ether oxygens (including phenoxy) is 2. The average molecular weight is 392 g/mol. The summed E-state index contributed by atoms with van der Waals surface area (Å²) in [6.45, 7) is 2.44. The molecule has 1 amide bonds. The van der Waals surface area contributed by atoms with E-state index in [4.69, 9.17) is 9.47 Å². The van der Waals surface area contributed by atoms with Gasteiger partial charge in [-0.2, -0.15) is 0 Å². The molecule has 3 aromatic rings. The van der Waals surface area contributed by atoms with Crippen LogP contribution in [0.4, 0.5) is 11.6 Å². The van der Waals surface area contributed by atoms with Crippen molar-refractivity contribution >= 4 is 17.5 Å². The van der Waals surface area contributed by atoms with Gasteiger partial charge in [-0.25, -0.2) is 9.97 Å². The molecule has 3 rings (SSSR count). The van der Waals surface area contributed by atoms with Crippen molar-refractivity contribution in [3.05, 3.63) is 71.5 Å². The second-order valence-electron chi connectivity index (χ2n) is 6.30. The molecule has 0 spiro atoms. The van der Waals surface area contributed by atoms with E-state index in [2.05, 4.69) is 33.6 Å². The van der Waals surface area contributed by atoms with Crippen LogP contribution in [0.5, 0.6) is 11.5 Å². The lowest BCUT2D eigenvalue weighted by atomic mass is 10.1. The Kier molecular flexibility index (Phi) is 6.63. The minimum atomic E-state index is -0.250. The summed E-state index contributed by atoms with van der Waals surface area (Å²) in [4.78, 5) is 20.9. The van der Waals surface area contributed by atoms with Crippen LogP contribution in [0.25, 0.3) is 0 Å². The minimum absolute atomic E-state index is 0.250. The number of anilines is 2. The van der Waals surface area contributed by atoms with Gasteiger partial charge < -0.3 is 20.1 Å². The Labute approximate surface area is 170 Å². The van der Waals surface area contributed by atoms with Crippen LogP contribution in [0.3, 0.4) is 0 Å². The Morgan fingerprint density at radius 2 is 1.72 bits per heavy atom. The van der Waals surface area contributed by atoms with Crippen molar-refractivity contribution in [1.29, 1.82) is 0 Å². The van der Waals surface area contributed by atoms with Crippen molar-refractivity contribution in [2.75, 3.05) is 19.5 Å². The number of nitrogens with zero attached hydrogens (tertiary/aromatic N) is 2. The normalized spacial score (nSPS) is 10.3. The zero-order chi connectivity index (χ0) is 20.6. The lowest BCUT2D eigenvalue weighted by Crippen LogP contribution is -2.23. The van der Waals surface area contributed by atoms with Crippen LogP contribution in [0, 0.1) is 0 Å². The predicted molar refractivity (Wildman–Crippen MR) is 112 cm³/mol. The third kappa shape index (κ3) is 5.01. The molecule has 0 saturated carbocycles. The molecule has 0 aliphatic heterocycles. The monoisotopic (exact) mass is 392 g/mol. The number of carbonyl (C=O) groups excluding carboxylic acids is 1. The van der Waals surface area contributed by atoms with Gasteiger partial charge in [-0.15, -0.1) is 0 Å². The Bertz CT molecular complexity index is 974. The zero-order valence-corrected chi connectivity index (χ0v) is 16.7. The molecule has 0 radical (unpaired) electrons. The number of benzene rings is 2. The van der Waals surface area contributed by atoms with E-state index in [1.54, 1.807) is 20.3 Å². The van der Waals surface area contributed by atoms with Gasteiger partial charge in [0.25, 0.3) is 5.91 Å². The Balaban J connectivity index is 1.62. The second-order valence-corrected chi connectivity index (χ2v) is 6.30. The highest BCUT2D eigenvalue weighted by atomic mass is 16.5. The molecule has 1 heterocycles. The number of aromatic nitrogens is 2. The first kappa shape index (κ1) is 20.1. The zero-order valence-electron chi connectivity index (χ0n) is 16.7. The largest absolute Gasteiger partial charge is 0.493 e. The predicted octanol–water partition coefficient (Wildman–Crippen LogP) is 3.73. The van der Waals surface area contributed by atoms with Gasteiger partial charge in [0.05, 0.1) is 19.8 Å². The van der Waals surface area contributed by atoms with E-state index < -0.39 is 0 Å². The summed E-state index contributed by atoms with van der Waals surface area (Å²) in [5.41, 5.74) is 3.42. The number of nitrogens with one attached hydrogen (secondary N) is 2. The summed E-state index contributed by atoms with van der Waals surface area (Å²) in [5.74, 6) is 1.46. The smallest absolute Gasteiger partial charge is 0.254 e. The lowest BCUT2D eigenvalue weighted by Gasteiger charge is -2.11. The van der Waals surface area contributed by atoms with Crippen LogP contribution < -0.4 is 20.1 Å². The fraction of sp³-hybridized carbons (Fsp3) is 0.227. The highest BCUT2D eigenvalue weighted by Crippen LogP contribution is 2.27. The summed E-state index contributed by atoms with van der Waals surface area (Å²) >= 11 is 0. The van der Waals surface area contributed by atoms with E-state index in [-0.39, 0.29) is 5.91 Å². The first-order valence-corrected chi connectivity index (χ1v) is 9.30. The molecule has 0 atom stereocenters. The fourth-order valence-electron chi connectivity index (χ4n) is 2.86. The van der Waals surface area contributed by atoms with E-state index >= 15 is 0 Å². The first-order valence-electron chi connectivity index (χ1n) is 9.30. The molecule has 2 aromatic carbocycles. The summed E-state index contributed by atoms with van der Waals surface area (Å²) in [5, 5.41) is 6.05. The molecule has 0 aliphatic carbocycles. The van der Waals surface area contributed by atoms with Crippen molar-refractivity contribution in [1.82, 2.24) is 15.3 Å². The van der Waals surface area contributed by atoms with Gasteiger partial charge in [0.1, 0.15) is 0 Å². The van der Waals surface area contributed by atoms with Crippen molar-refractivity contribution in [2.24, 2.45) is 0 Å². The number of hydrogen-bond donors (Lipinski definition) is 2. The Morgan fingerprint density at radius 3 is 2.41 bits per heavy atom. The number of methoxy groups -OCH3 is 2. The van der Waals surface area contributed by atoms with E-state index in [0.717, 1.165) is 17.7 Å². The quantitative estimate of drug-likeness (QED) is 0.608. The number of aryl methyl sites for hydroxylation is 1. The highest BCUT2D eigenvalue weighted by molar-refractivity contribution is 5.93. The summed E-state index contributed by atoms with van der Waals surface area (Å²) in [6.07, 6.45) is 3.92. The molecule has 2 N–H and O–H groups in total. The maximum absolute atomic E-state index is 12.4. The van der Waals surface area contributed by atoms with Crippen molar-refractivity contribution in [3.8, 4) is 11.5 Å². The second kappa shape index (κ2) is 9.54. The summed E-state index contributed by atoms with van der Waals surface area (Å²) in [6, 6.07) is 13.5. The molecule has 0 unspecified atom stereocenters. The van der Waals surface area contributed by atoms with Crippen molar-refractivity contribution < 1.29 is 14.3 Å². The maximum atomic E-state index is 12.4. The number of carbonyl (C=O) groups is 1. The lowest BCUT2D eigenvalue weighted by molar-refractivity contribution is 0.0950. The van der Waals surface area contributed by atoms with Crippen LogP contribution in [0.1, 0.15) is 28.4 Å². The Hall–Kier alpha value is -3.61. The minimum Gasteiger partial charge on any atom is -0.493 e. The van der Waals surface area contributed by atoms with E-state index in [1.807, 2.05) is 30.3 Å². The molecule has 1 aromatic heterocycles. The molecule has 0 saturated heterocycles. The van der Waals surface area contributed by atoms with Crippen LogP contribution in [-0.2, 0) is 13.0 Å². The van der Waals surface area contributed by atoms with Gasteiger partial charge >= 0.3 is 0 Å². The topological polar surface area (TPSA) is 85.4 Å². The standard InChI is InChI=1S/C22H24N4O3/c1-4-16-7-5-6-8-18(16)26-22-24-13-17(14-25-22)21(27)23-12-15-9-10-19(28-2)20(11-15)29-3/h5-11,13-14H,4,12H2,1-3H3,(H,23,27)(H,24,25,26). The van der Waals surface area contributed by atoms with E-state index in [9.17, 15) is 4.79 Å². The molecular formula is C22H24N4O3. The third-order valence-corrected chi connectivity index (χ3v) is 4.46. The molecule has 0 bridgehead atoms. The van der Waals surface area contributed by atoms with Crippen LogP contribution in [0.15, 0.2) is 54.9 Å². The van der Waals surface area contributed by atoms with Gasteiger partial charge in [-0.05, 0) is 35.7 Å². The van der Waals surface area contributed by atoms with E-state index in [0.29, 0.717) is 29.6 Å².